The van der Waals surface area contributed by atoms with Crippen LogP contribution in [-0.2, 0) is 5.41 Å². The molecule has 0 N–H and O–H groups in total. The Balaban J connectivity index is 1.45. The summed E-state index contributed by atoms with van der Waals surface area (Å²) >= 11 is 0. The molecule has 0 radical (unpaired) electrons. The second kappa shape index (κ2) is 5.26. The molecule has 4 unspecified atom stereocenters. The first-order chi connectivity index (χ1) is 17.3. The van der Waals surface area contributed by atoms with Crippen LogP contribution in [0.1, 0.15) is 22.6 Å². The molecule has 3 aromatic rings. The number of rotatable bonds is 0. The van der Waals surface area contributed by atoms with Crippen LogP contribution in [0.2, 0.25) is 0 Å². The molecule has 0 aromatic heterocycles. The van der Waals surface area contributed by atoms with Gasteiger partial charge < -0.3 is 4.90 Å². The van der Waals surface area contributed by atoms with Gasteiger partial charge in [0.25, 0.3) is 0 Å². The van der Waals surface area contributed by atoms with Crippen molar-refractivity contribution in [1.29, 1.82) is 0 Å². The summed E-state index contributed by atoms with van der Waals surface area (Å²) in [7, 11) is 0. The van der Waals surface area contributed by atoms with Gasteiger partial charge in [0.15, 0.2) is 0 Å². The fraction of sp³-hybridized carbons (Fsp3) is 0.118. The Bertz CT molecular complexity index is 1820. The van der Waals surface area contributed by atoms with Crippen molar-refractivity contribution in [2.45, 2.75) is 17.4 Å². The number of benzene rings is 3. The van der Waals surface area contributed by atoms with Crippen molar-refractivity contribution in [2.24, 2.45) is 5.41 Å². The summed E-state index contributed by atoms with van der Waals surface area (Å²) in [6.45, 7) is 0. The van der Waals surface area contributed by atoms with Crippen LogP contribution in [0.15, 0.2) is 132 Å². The van der Waals surface area contributed by atoms with E-state index in [1.807, 2.05) is 0 Å². The largest absolute Gasteiger partial charge is 0.334 e. The van der Waals surface area contributed by atoms with Gasteiger partial charge in [0.2, 0.25) is 0 Å². The molecule has 7 aliphatic rings. The van der Waals surface area contributed by atoms with Gasteiger partial charge in [-0.1, -0.05) is 115 Å². The third-order valence-electron chi connectivity index (χ3n) is 9.62. The van der Waals surface area contributed by atoms with E-state index in [0.29, 0.717) is 5.92 Å². The summed E-state index contributed by atoms with van der Waals surface area (Å²) in [6, 6.07) is 18.5. The van der Waals surface area contributed by atoms with Gasteiger partial charge >= 0.3 is 0 Å². The number of hydrogen-bond acceptors (Lipinski definition) is 1. The van der Waals surface area contributed by atoms with Crippen molar-refractivity contribution in [3.05, 3.63) is 149 Å². The van der Waals surface area contributed by atoms with E-state index in [0.717, 1.165) is 0 Å². The maximum absolute atomic E-state index is 2.73. The first kappa shape index (κ1) is 17.4. The summed E-state index contributed by atoms with van der Waals surface area (Å²) in [4.78, 5) is 2.73. The van der Waals surface area contributed by atoms with E-state index < -0.39 is 0 Å². The highest BCUT2D eigenvalue weighted by atomic mass is 15.3. The van der Waals surface area contributed by atoms with E-state index in [9.17, 15) is 0 Å². The van der Waals surface area contributed by atoms with Crippen LogP contribution >= 0.6 is 0 Å². The Labute approximate surface area is 204 Å². The van der Waals surface area contributed by atoms with Crippen LogP contribution in [0.3, 0.4) is 0 Å². The van der Waals surface area contributed by atoms with Gasteiger partial charge in [-0.05, 0) is 38.8 Å². The Morgan fingerprint density at radius 2 is 1.63 bits per heavy atom. The normalized spacial score (nSPS) is 32.2. The molecule has 0 fully saturated rings. The summed E-state index contributed by atoms with van der Waals surface area (Å²) in [5.41, 5.74) is 12.9. The van der Waals surface area contributed by atoms with Crippen LogP contribution in [0.25, 0.3) is 21.9 Å². The molecule has 35 heavy (non-hydrogen) atoms. The van der Waals surface area contributed by atoms with Crippen LogP contribution in [0.5, 0.6) is 0 Å². The Morgan fingerprint density at radius 1 is 0.771 bits per heavy atom. The minimum Gasteiger partial charge on any atom is -0.334 e. The second-order valence-corrected chi connectivity index (χ2v) is 10.9. The first-order valence-corrected chi connectivity index (χ1v) is 12.7. The van der Waals surface area contributed by atoms with Gasteiger partial charge in [-0.15, -0.1) is 0 Å². The lowest BCUT2D eigenvalue weighted by atomic mass is 9.61. The minimum atomic E-state index is -0.203. The second-order valence-electron chi connectivity index (χ2n) is 10.9. The minimum absolute atomic E-state index is 0.0998. The number of anilines is 1. The lowest BCUT2D eigenvalue weighted by molar-refractivity contribution is 0.541. The van der Waals surface area contributed by atoms with Crippen molar-refractivity contribution in [1.82, 2.24) is 0 Å². The highest BCUT2D eigenvalue weighted by molar-refractivity contribution is 6.13. The van der Waals surface area contributed by atoms with Crippen LogP contribution < -0.4 is 4.90 Å². The predicted molar refractivity (Wildman–Crippen MR) is 142 cm³/mol. The summed E-state index contributed by atoms with van der Waals surface area (Å²) in [5, 5.41) is 2.77. The number of nitrogens with zero attached hydrogens (tertiary/aromatic N) is 1. The number of fused-ring (bicyclic) bond motifs is 8. The smallest absolute Gasteiger partial charge is 0.0746 e. The maximum Gasteiger partial charge on any atom is 0.0746 e. The maximum atomic E-state index is 2.73. The monoisotopic (exact) mass is 443 g/mol. The number of allylic oxidation sites excluding steroid dienone is 8. The zero-order valence-electron chi connectivity index (χ0n) is 19.1. The Kier molecular flexibility index (Phi) is 2.61. The van der Waals surface area contributed by atoms with E-state index >= 15 is 0 Å². The average Bonchev–Trinajstić information content (AvgIpc) is 3.51. The summed E-state index contributed by atoms with van der Waals surface area (Å²) < 4.78 is 0. The standard InChI is InChI=1S/C34H21N/c1-2-10-22-21(9-1)24-15-19-34-18-14-20-8-7-17-33-16-6-5-13-26(33)35(32(34)29(20)33)31-25-12-4-3-11-23(25)27(22)28(24)30(31)34/h1-19,24,26H. The average molecular weight is 444 g/mol. The van der Waals surface area contributed by atoms with Crippen molar-refractivity contribution in [3.63, 3.8) is 0 Å². The highest BCUT2D eigenvalue weighted by Gasteiger charge is 2.63. The topological polar surface area (TPSA) is 3.24 Å². The van der Waals surface area contributed by atoms with Gasteiger partial charge in [0.1, 0.15) is 0 Å². The van der Waals surface area contributed by atoms with E-state index in [-0.39, 0.29) is 16.9 Å². The molecule has 2 spiro atoms. The van der Waals surface area contributed by atoms with Gasteiger partial charge in [-0.2, -0.15) is 0 Å². The first-order valence-electron chi connectivity index (χ1n) is 12.7. The Morgan fingerprint density at radius 3 is 2.60 bits per heavy atom. The van der Waals surface area contributed by atoms with E-state index in [2.05, 4.69) is 120 Å². The summed E-state index contributed by atoms with van der Waals surface area (Å²) in [5.74, 6) is 0.332. The molecule has 5 aliphatic carbocycles. The number of hydrogen-bond donors (Lipinski definition) is 0. The molecule has 2 aliphatic heterocycles. The molecule has 162 valence electrons. The van der Waals surface area contributed by atoms with Gasteiger partial charge in [-0.3, -0.25) is 0 Å². The lowest BCUT2D eigenvalue weighted by Gasteiger charge is -2.40. The lowest BCUT2D eigenvalue weighted by Crippen LogP contribution is -2.39. The van der Waals surface area contributed by atoms with Gasteiger partial charge in [-0.25, -0.2) is 0 Å². The summed E-state index contributed by atoms with van der Waals surface area (Å²) in [6.07, 6.45) is 26.3. The van der Waals surface area contributed by atoms with E-state index in [1.54, 1.807) is 0 Å². The molecule has 10 rings (SSSR count). The van der Waals surface area contributed by atoms with Crippen LogP contribution in [0, 0.1) is 5.41 Å². The third-order valence-corrected chi connectivity index (χ3v) is 9.62. The zero-order chi connectivity index (χ0) is 22.5. The third kappa shape index (κ3) is 1.59. The molecule has 2 heterocycles. The molecule has 1 heteroatoms. The highest BCUT2D eigenvalue weighted by Crippen LogP contribution is 2.71. The van der Waals surface area contributed by atoms with E-state index in [4.69, 9.17) is 0 Å². The molecule has 3 aromatic carbocycles. The predicted octanol–water partition coefficient (Wildman–Crippen LogP) is 7.39. The molecule has 4 atom stereocenters. The molecule has 0 saturated heterocycles. The van der Waals surface area contributed by atoms with Gasteiger partial charge in [0, 0.05) is 22.6 Å². The molecule has 0 saturated carbocycles. The van der Waals surface area contributed by atoms with Crippen LogP contribution in [0.4, 0.5) is 5.69 Å². The molecule has 0 bridgehead atoms. The molecular weight excluding hydrogens is 422 g/mol. The van der Waals surface area contributed by atoms with Crippen LogP contribution in [-0.4, -0.2) is 6.04 Å². The zero-order valence-corrected chi connectivity index (χ0v) is 19.1. The molecule has 0 amide bonds. The fourth-order valence-electron chi connectivity index (χ4n) is 8.48. The molecule has 1 nitrogen and oxygen atoms in total. The van der Waals surface area contributed by atoms with Crippen molar-refractivity contribution < 1.29 is 0 Å². The van der Waals surface area contributed by atoms with E-state index in [1.165, 1.54) is 61.1 Å². The van der Waals surface area contributed by atoms with Crippen molar-refractivity contribution in [2.75, 3.05) is 4.90 Å². The van der Waals surface area contributed by atoms with Crippen molar-refractivity contribution >= 4 is 16.5 Å². The quantitative estimate of drug-likeness (QED) is 0.327. The SMILES string of the molecule is C1=CC2N3C4=C5C(=CC=CC52C=C1)C=CC41C=CC2c4ccccc4-c4c2c1c3c1ccccc41. The van der Waals surface area contributed by atoms with Crippen molar-refractivity contribution in [3.8, 4) is 11.1 Å². The molecular formula is C34H21N. The van der Waals surface area contributed by atoms with Gasteiger partial charge in [0.05, 0.1) is 22.6 Å². The Hall–Kier alpha value is -4.10. The fourth-order valence-corrected chi connectivity index (χ4v) is 8.48.